The molecule has 2 atom stereocenters. The van der Waals surface area contributed by atoms with E-state index < -0.39 is 5.97 Å². The molecule has 0 bridgehead atoms. The van der Waals surface area contributed by atoms with Gasteiger partial charge in [0.05, 0.1) is 5.92 Å². The second-order valence-corrected chi connectivity index (χ2v) is 5.13. The first kappa shape index (κ1) is 11.3. The van der Waals surface area contributed by atoms with Gasteiger partial charge in [0.15, 0.2) is 0 Å². The van der Waals surface area contributed by atoms with Crippen LogP contribution >= 0.6 is 0 Å². The Bertz CT molecular complexity index is 538. The minimum atomic E-state index is -0.704. The number of nitrogens with zero attached hydrogens (tertiary/aromatic N) is 1. The number of rotatable bonds is 2. The van der Waals surface area contributed by atoms with Gasteiger partial charge in [0.2, 0.25) is 5.91 Å². The largest absolute Gasteiger partial charge is 0.481 e. The van der Waals surface area contributed by atoms with Crippen LogP contribution in [0.15, 0.2) is 18.2 Å². The standard InChI is InChI=1S/C14H15NO3/c1-15-12-4-2-8(10-7-11(10)14(17)18)6-9(12)3-5-13(15)16/h2,4,6,10-11H,3,5,7H2,1H3,(H,17,18). The van der Waals surface area contributed by atoms with E-state index in [4.69, 9.17) is 5.11 Å². The van der Waals surface area contributed by atoms with Crippen molar-refractivity contribution in [3.63, 3.8) is 0 Å². The van der Waals surface area contributed by atoms with Crippen LogP contribution in [0.1, 0.15) is 29.9 Å². The van der Waals surface area contributed by atoms with Gasteiger partial charge in [-0.15, -0.1) is 0 Å². The van der Waals surface area contributed by atoms with Crippen LogP contribution in [0.5, 0.6) is 0 Å². The predicted octanol–water partition coefficient (Wildman–Crippen LogP) is 1.78. The number of hydrogen-bond donors (Lipinski definition) is 1. The summed E-state index contributed by atoms with van der Waals surface area (Å²) >= 11 is 0. The van der Waals surface area contributed by atoms with Crippen molar-refractivity contribution in [3.8, 4) is 0 Å². The van der Waals surface area contributed by atoms with Gasteiger partial charge in [0.1, 0.15) is 0 Å². The van der Waals surface area contributed by atoms with E-state index in [1.807, 2.05) is 12.1 Å². The first-order valence-corrected chi connectivity index (χ1v) is 6.20. The molecule has 2 unspecified atom stereocenters. The van der Waals surface area contributed by atoms with E-state index in [0.717, 1.165) is 29.7 Å². The van der Waals surface area contributed by atoms with Gasteiger partial charge < -0.3 is 10.0 Å². The number of hydrogen-bond acceptors (Lipinski definition) is 2. The fraction of sp³-hybridized carbons (Fsp3) is 0.429. The summed E-state index contributed by atoms with van der Waals surface area (Å²) < 4.78 is 0. The van der Waals surface area contributed by atoms with E-state index in [9.17, 15) is 9.59 Å². The highest BCUT2D eigenvalue weighted by atomic mass is 16.4. The summed E-state index contributed by atoms with van der Waals surface area (Å²) in [7, 11) is 1.79. The molecule has 1 N–H and O–H groups in total. The lowest BCUT2D eigenvalue weighted by molar-refractivity contribution is -0.138. The summed E-state index contributed by atoms with van der Waals surface area (Å²) in [6.07, 6.45) is 2.04. The molecular weight excluding hydrogens is 230 g/mol. The number of benzene rings is 1. The van der Waals surface area contributed by atoms with E-state index in [-0.39, 0.29) is 17.7 Å². The van der Waals surface area contributed by atoms with Crippen molar-refractivity contribution in [1.29, 1.82) is 0 Å². The lowest BCUT2D eigenvalue weighted by Crippen LogP contribution is -2.31. The predicted molar refractivity (Wildman–Crippen MR) is 66.7 cm³/mol. The van der Waals surface area contributed by atoms with Crippen molar-refractivity contribution in [2.45, 2.75) is 25.2 Å². The molecule has 0 radical (unpaired) electrons. The summed E-state index contributed by atoms with van der Waals surface area (Å²) in [5, 5.41) is 8.95. The van der Waals surface area contributed by atoms with E-state index in [1.54, 1.807) is 11.9 Å². The second kappa shape index (κ2) is 3.83. The fourth-order valence-corrected chi connectivity index (χ4v) is 2.74. The molecule has 1 saturated carbocycles. The number of carboxylic acid groups (broad SMARTS) is 1. The zero-order valence-corrected chi connectivity index (χ0v) is 10.2. The topological polar surface area (TPSA) is 57.6 Å². The molecule has 2 aliphatic rings. The Morgan fingerprint density at radius 3 is 2.83 bits per heavy atom. The molecule has 1 aliphatic carbocycles. The number of carbonyl (C=O) groups is 2. The number of amides is 1. The van der Waals surface area contributed by atoms with Crippen LogP contribution in [0.25, 0.3) is 0 Å². The Kier molecular flexibility index (Phi) is 2.40. The first-order chi connectivity index (χ1) is 8.58. The van der Waals surface area contributed by atoms with Gasteiger partial charge in [0, 0.05) is 19.2 Å². The van der Waals surface area contributed by atoms with Crippen molar-refractivity contribution >= 4 is 17.6 Å². The zero-order chi connectivity index (χ0) is 12.9. The number of carbonyl (C=O) groups excluding carboxylic acids is 1. The Hall–Kier alpha value is -1.84. The fourth-order valence-electron chi connectivity index (χ4n) is 2.74. The molecule has 1 fully saturated rings. The number of aryl methyl sites for hydroxylation is 1. The second-order valence-electron chi connectivity index (χ2n) is 5.13. The van der Waals surface area contributed by atoms with E-state index in [1.165, 1.54) is 0 Å². The smallest absolute Gasteiger partial charge is 0.307 e. The maximum absolute atomic E-state index is 11.6. The van der Waals surface area contributed by atoms with Crippen molar-refractivity contribution in [2.24, 2.45) is 5.92 Å². The molecule has 4 nitrogen and oxygen atoms in total. The van der Waals surface area contributed by atoms with Crippen molar-refractivity contribution in [2.75, 3.05) is 11.9 Å². The molecule has 1 heterocycles. The van der Waals surface area contributed by atoms with Crippen LogP contribution in [0.4, 0.5) is 5.69 Å². The Labute approximate surface area is 105 Å². The monoisotopic (exact) mass is 245 g/mol. The van der Waals surface area contributed by atoms with Gasteiger partial charge in [-0.1, -0.05) is 12.1 Å². The average molecular weight is 245 g/mol. The number of fused-ring (bicyclic) bond motifs is 1. The maximum Gasteiger partial charge on any atom is 0.307 e. The Balaban J connectivity index is 1.89. The zero-order valence-electron chi connectivity index (χ0n) is 10.2. The molecule has 18 heavy (non-hydrogen) atoms. The molecular formula is C14H15NO3. The molecule has 1 aliphatic heterocycles. The lowest BCUT2D eigenvalue weighted by atomic mass is 9.97. The third-order valence-corrected chi connectivity index (χ3v) is 3.98. The van der Waals surface area contributed by atoms with E-state index in [0.29, 0.717) is 6.42 Å². The lowest BCUT2D eigenvalue weighted by Gasteiger charge is -2.26. The van der Waals surface area contributed by atoms with Crippen LogP contribution in [-0.2, 0) is 16.0 Å². The third-order valence-electron chi connectivity index (χ3n) is 3.98. The quantitative estimate of drug-likeness (QED) is 0.864. The summed E-state index contributed by atoms with van der Waals surface area (Å²) in [4.78, 5) is 24.1. The molecule has 1 aromatic carbocycles. The van der Waals surface area contributed by atoms with Crippen LogP contribution in [0.3, 0.4) is 0 Å². The summed E-state index contributed by atoms with van der Waals surface area (Å²) in [5.74, 6) is -0.614. The van der Waals surface area contributed by atoms with Gasteiger partial charge >= 0.3 is 5.97 Å². The van der Waals surface area contributed by atoms with Gasteiger partial charge in [-0.05, 0) is 36.0 Å². The number of aliphatic carboxylic acids is 1. The molecule has 4 heteroatoms. The number of anilines is 1. The summed E-state index contributed by atoms with van der Waals surface area (Å²) in [5.41, 5.74) is 3.22. The SMILES string of the molecule is CN1C(=O)CCc2cc(C3CC3C(=O)O)ccc21. The molecule has 1 aromatic rings. The van der Waals surface area contributed by atoms with Crippen molar-refractivity contribution in [1.82, 2.24) is 0 Å². The average Bonchev–Trinajstić information content (AvgIpc) is 3.14. The molecule has 3 rings (SSSR count). The maximum atomic E-state index is 11.6. The highest BCUT2D eigenvalue weighted by Crippen LogP contribution is 2.48. The van der Waals surface area contributed by atoms with Crippen LogP contribution in [0, 0.1) is 5.92 Å². The third kappa shape index (κ3) is 1.68. The van der Waals surface area contributed by atoms with Crippen LogP contribution in [-0.4, -0.2) is 24.0 Å². The first-order valence-electron chi connectivity index (χ1n) is 6.20. The highest BCUT2D eigenvalue weighted by Gasteiger charge is 2.44. The van der Waals surface area contributed by atoms with Crippen LogP contribution < -0.4 is 4.90 Å². The normalized spacial score (nSPS) is 25.8. The molecule has 94 valence electrons. The van der Waals surface area contributed by atoms with E-state index in [2.05, 4.69) is 6.07 Å². The van der Waals surface area contributed by atoms with Gasteiger partial charge in [0.25, 0.3) is 0 Å². The van der Waals surface area contributed by atoms with Gasteiger partial charge in [-0.3, -0.25) is 9.59 Å². The molecule has 1 amide bonds. The minimum Gasteiger partial charge on any atom is -0.481 e. The molecule has 0 spiro atoms. The Morgan fingerprint density at radius 1 is 1.39 bits per heavy atom. The van der Waals surface area contributed by atoms with Crippen molar-refractivity contribution in [3.05, 3.63) is 29.3 Å². The Morgan fingerprint density at radius 2 is 2.17 bits per heavy atom. The number of carboxylic acids is 1. The summed E-state index contributed by atoms with van der Waals surface area (Å²) in [6, 6.07) is 5.98. The van der Waals surface area contributed by atoms with Gasteiger partial charge in [-0.25, -0.2) is 0 Å². The van der Waals surface area contributed by atoms with Crippen LogP contribution in [0.2, 0.25) is 0 Å². The summed E-state index contributed by atoms with van der Waals surface area (Å²) in [6.45, 7) is 0. The highest BCUT2D eigenvalue weighted by molar-refractivity contribution is 5.95. The molecule has 0 aromatic heterocycles. The van der Waals surface area contributed by atoms with Gasteiger partial charge in [-0.2, -0.15) is 0 Å². The minimum absolute atomic E-state index is 0.144. The molecule has 0 saturated heterocycles. The van der Waals surface area contributed by atoms with E-state index >= 15 is 0 Å². The van der Waals surface area contributed by atoms with Crippen molar-refractivity contribution < 1.29 is 14.7 Å².